The Morgan fingerprint density at radius 1 is 1.02 bits per heavy atom. The lowest BCUT2D eigenvalue weighted by Gasteiger charge is -2.29. The van der Waals surface area contributed by atoms with Gasteiger partial charge in [0.2, 0.25) is 11.8 Å². The minimum Gasteiger partial charge on any atom is -0.474 e. The Hall–Kier alpha value is -3.69. The molecule has 2 heterocycles. The summed E-state index contributed by atoms with van der Waals surface area (Å²) >= 11 is 5.98. The molecule has 1 atom stereocenters. The van der Waals surface area contributed by atoms with Gasteiger partial charge in [-0.3, -0.25) is 4.79 Å². The van der Waals surface area contributed by atoms with E-state index in [1.807, 2.05) is 24.3 Å². The lowest BCUT2D eigenvalue weighted by Crippen LogP contribution is -2.33. The van der Waals surface area contributed by atoms with Crippen LogP contribution in [0.4, 0.5) is 11.4 Å². The van der Waals surface area contributed by atoms with E-state index in [0.717, 1.165) is 44.3 Å². The van der Waals surface area contributed by atoms with Gasteiger partial charge in [-0.1, -0.05) is 23.7 Å². The summed E-state index contributed by atoms with van der Waals surface area (Å²) in [4.78, 5) is 34.0. The minimum atomic E-state index is -0.426. The molecule has 1 aliphatic carbocycles. The number of rotatable bonds is 11. The van der Waals surface area contributed by atoms with Gasteiger partial charge in [-0.25, -0.2) is 9.78 Å². The van der Waals surface area contributed by atoms with E-state index in [-0.39, 0.29) is 24.0 Å². The maximum Gasteiger partial charge on any atom is 0.337 e. The maximum atomic E-state index is 13.0. The first-order valence-electron chi connectivity index (χ1n) is 14.1. The highest BCUT2D eigenvalue weighted by atomic mass is 35.5. The van der Waals surface area contributed by atoms with Crippen LogP contribution in [0.1, 0.15) is 60.3 Å². The van der Waals surface area contributed by atoms with Gasteiger partial charge in [0.15, 0.2) is 0 Å². The number of hydrogen-bond acceptors (Lipinski definition) is 8. The van der Waals surface area contributed by atoms with Crippen LogP contribution in [-0.2, 0) is 20.7 Å². The van der Waals surface area contributed by atoms with Gasteiger partial charge >= 0.3 is 5.97 Å². The van der Waals surface area contributed by atoms with E-state index in [1.54, 1.807) is 30.5 Å². The van der Waals surface area contributed by atoms with Crippen molar-refractivity contribution in [2.24, 2.45) is 5.92 Å². The minimum absolute atomic E-state index is 0.0502. The van der Waals surface area contributed by atoms with Crippen LogP contribution in [0.25, 0.3) is 0 Å². The summed E-state index contributed by atoms with van der Waals surface area (Å²) in [6.07, 6.45) is 7.44. The highest BCUT2D eigenvalue weighted by Gasteiger charge is 2.25. The van der Waals surface area contributed by atoms with Crippen LogP contribution in [-0.4, -0.2) is 54.3 Å². The Bertz CT molecular complexity index is 1340. The largest absolute Gasteiger partial charge is 0.474 e. The van der Waals surface area contributed by atoms with E-state index in [4.69, 9.17) is 25.8 Å². The number of carbonyl (C=O) groups excluding carboxylic acids is 2. The molecule has 1 saturated carbocycles. The zero-order valence-corrected chi connectivity index (χ0v) is 23.9. The Balaban J connectivity index is 1.11. The van der Waals surface area contributed by atoms with Gasteiger partial charge in [-0.05, 0) is 73.9 Å². The lowest BCUT2D eigenvalue weighted by atomic mass is 9.85. The van der Waals surface area contributed by atoms with Gasteiger partial charge in [-0.15, -0.1) is 0 Å². The molecule has 1 saturated heterocycles. The van der Waals surface area contributed by atoms with Gasteiger partial charge in [0.05, 0.1) is 30.2 Å². The molecular weight excluding hydrogens is 544 g/mol. The van der Waals surface area contributed by atoms with Crippen molar-refractivity contribution in [2.45, 2.75) is 57.2 Å². The normalized spacial score (nSPS) is 20.0. The first-order valence-corrected chi connectivity index (χ1v) is 14.4. The monoisotopic (exact) mass is 578 g/mol. The van der Waals surface area contributed by atoms with E-state index in [2.05, 4.69) is 20.6 Å². The molecule has 41 heavy (non-hydrogen) atoms. The number of benzene rings is 2. The summed E-state index contributed by atoms with van der Waals surface area (Å²) in [5.41, 5.74) is 2.81. The first-order chi connectivity index (χ1) is 19.9. The van der Waals surface area contributed by atoms with E-state index in [0.29, 0.717) is 53.1 Å². The summed E-state index contributed by atoms with van der Waals surface area (Å²) in [6, 6.07) is 14.5. The Morgan fingerprint density at radius 3 is 2.51 bits per heavy atom. The highest BCUT2D eigenvalue weighted by molar-refractivity contribution is 6.30. The summed E-state index contributed by atoms with van der Waals surface area (Å²) in [5, 5.41) is 7.04. The van der Waals surface area contributed by atoms with Gasteiger partial charge in [0.1, 0.15) is 11.9 Å². The third-order valence-corrected chi connectivity index (χ3v) is 7.79. The number of halogens is 1. The number of hydrogen-bond donors (Lipinski definition) is 2. The lowest BCUT2D eigenvalue weighted by molar-refractivity contribution is -0.117. The molecule has 2 N–H and O–H groups in total. The molecule has 10 heteroatoms. The van der Waals surface area contributed by atoms with Crippen molar-refractivity contribution in [1.29, 1.82) is 0 Å². The fourth-order valence-corrected chi connectivity index (χ4v) is 5.24. The Labute approximate surface area is 245 Å². The van der Waals surface area contributed by atoms with Crippen molar-refractivity contribution in [3.63, 3.8) is 0 Å². The zero-order valence-electron chi connectivity index (χ0n) is 23.1. The molecule has 2 aromatic carbocycles. The number of ether oxygens (including phenoxy) is 3. The molecule has 3 aromatic rings. The number of esters is 1. The molecule has 1 aliphatic heterocycles. The second kappa shape index (κ2) is 13.8. The average Bonchev–Trinajstić information content (AvgIpc) is 2.95. The molecule has 5 rings (SSSR count). The van der Waals surface area contributed by atoms with Crippen LogP contribution in [0.15, 0.2) is 54.7 Å². The highest BCUT2D eigenvalue weighted by Crippen LogP contribution is 2.31. The smallest absolute Gasteiger partial charge is 0.337 e. The number of aromatic nitrogens is 2. The van der Waals surface area contributed by atoms with Gasteiger partial charge < -0.3 is 24.8 Å². The predicted molar refractivity (Wildman–Crippen MR) is 157 cm³/mol. The van der Waals surface area contributed by atoms with Crippen molar-refractivity contribution >= 4 is 34.9 Å². The maximum absolute atomic E-state index is 13.0. The SMILES string of the molecule is COC(=O)c1ccc(NC(=O)C[C@H]2CC[C@H](Oc3ccnc(Cc4ccc(Cl)cc4)n3)CC2)c(NC[C@@H]2CCO2)c1. The van der Waals surface area contributed by atoms with E-state index >= 15 is 0 Å². The fourth-order valence-electron chi connectivity index (χ4n) is 5.12. The van der Waals surface area contributed by atoms with E-state index < -0.39 is 5.97 Å². The van der Waals surface area contributed by atoms with Crippen molar-refractivity contribution in [1.82, 2.24) is 9.97 Å². The predicted octanol–water partition coefficient (Wildman–Crippen LogP) is 5.67. The topological polar surface area (TPSA) is 112 Å². The molecule has 9 nitrogen and oxygen atoms in total. The fraction of sp³-hybridized carbons (Fsp3) is 0.419. The molecule has 0 unspecified atom stereocenters. The molecule has 216 valence electrons. The molecule has 0 spiro atoms. The van der Waals surface area contributed by atoms with Crippen molar-refractivity contribution in [2.75, 3.05) is 30.9 Å². The molecule has 1 amide bonds. The molecule has 1 aromatic heterocycles. The standard InChI is InChI=1S/C31H35ClN4O5/c1-39-31(38)22-6-11-26(27(18-22)34-19-25-13-15-40-25)35-29(37)17-21-4-9-24(10-5-21)41-30-12-14-33-28(36-30)16-20-2-7-23(32)8-3-20/h2-3,6-8,11-12,14,18,21,24-25,34H,4-5,9-10,13,15-17,19H2,1H3,(H,35,37)/t21-,24-,25-/m0/s1. The number of nitrogens with zero attached hydrogens (tertiary/aromatic N) is 2. The molecule has 0 radical (unpaired) electrons. The summed E-state index contributed by atoms with van der Waals surface area (Å²) < 4.78 is 16.5. The Kier molecular flexibility index (Phi) is 9.69. The van der Waals surface area contributed by atoms with Crippen LogP contribution >= 0.6 is 11.6 Å². The number of amides is 1. The van der Waals surface area contributed by atoms with Gasteiger partial charge in [0, 0.05) is 43.3 Å². The average molecular weight is 579 g/mol. The number of anilines is 2. The van der Waals surface area contributed by atoms with Crippen LogP contribution in [0.5, 0.6) is 5.88 Å². The van der Waals surface area contributed by atoms with Crippen LogP contribution < -0.4 is 15.4 Å². The van der Waals surface area contributed by atoms with E-state index in [1.165, 1.54) is 7.11 Å². The van der Waals surface area contributed by atoms with Gasteiger partial charge in [-0.2, -0.15) is 4.98 Å². The second-order valence-corrected chi connectivity index (χ2v) is 11.0. The summed E-state index contributed by atoms with van der Waals surface area (Å²) in [5.74, 6) is 1.07. The first kappa shape index (κ1) is 28.8. The van der Waals surface area contributed by atoms with Crippen molar-refractivity contribution in [3.8, 4) is 5.88 Å². The number of nitrogens with one attached hydrogen (secondary N) is 2. The van der Waals surface area contributed by atoms with Crippen LogP contribution in [0.3, 0.4) is 0 Å². The van der Waals surface area contributed by atoms with Crippen LogP contribution in [0, 0.1) is 5.92 Å². The van der Waals surface area contributed by atoms with Crippen molar-refractivity contribution < 1.29 is 23.8 Å². The molecule has 0 bridgehead atoms. The summed E-state index contributed by atoms with van der Waals surface area (Å²) in [6.45, 7) is 1.36. The molecule has 2 aliphatic rings. The third-order valence-electron chi connectivity index (χ3n) is 7.54. The quantitative estimate of drug-likeness (QED) is 0.280. The number of carbonyl (C=O) groups is 2. The summed E-state index contributed by atoms with van der Waals surface area (Å²) in [7, 11) is 1.35. The number of methoxy groups -OCH3 is 1. The Morgan fingerprint density at radius 2 is 1.80 bits per heavy atom. The molecular formula is C31H35ClN4O5. The van der Waals surface area contributed by atoms with Gasteiger partial charge in [0.25, 0.3) is 0 Å². The zero-order chi connectivity index (χ0) is 28.6. The van der Waals surface area contributed by atoms with E-state index in [9.17, 15) is 9.59 Å². The van der Waals surface area contributed by atoms with Crippen LogP contribution in [0.2, 0.25) is 5.02 Å². The second-order valence-electron chi connectivity index (χ2n) is 10.5. The van der Waals surface area contributed by atoms with Crippen molar-refractivity contribution in [3.05, 3.63) is 76.7 Å². The third kappa shape index (κ3) is 8.17. The molecule has 2 fully saturated rings.